The second kappa shape index (κ2) is 7.12. The van der Waals surface area contributed by atoms with E-state index in [1.54, 1.807) is 14.0 Å². The number of carbonyl (C=O) groups is 1. The van der Waals surface area contributed by atoms with E-state index in [-0.39, 0.29) is 0 Å². The minimum atomic E-state index is -0.765. The SMILES string of the molecule is CNC(C)(CCCSCC(C)C)C(=O)O. The van der Waals surface area contributed by atoms with Gasteiger partial charge in [-0.3, -0.25) is 4.79 Å². The van der Waals surface area contributed by atoms with Crippen LogP contribution in [0.5, 0.6) is 0 Å². The number of rotatable bonds is 8. The Morgan fingerprint density at radius 1 is 1.53 bits per heavy atom. The molecule has 0 rings (SSSR count). The summed E-state index contributed by atoms with van der Waals surface area (Å²) in [6.45, 7) is 6.13. The summed E-state index contributed by atoms with van der Waals surface area (Å²) in [5.74, 6) is 2.15. The van der Waals surface area contributed by atoms with Crippen molar-refractivity contribution in [3.63, 3.8) is 0 Å². The summed E-state index contributed by atoms with van der Waals surface area (Å²) >= 11 is 1.90. The molecular formula is C11H23NO2S. The lowest BCUT2D eigenvalue weighted by Crippen LogP contribution is -2.47. The van der Waals surface area contributed by atoms with Crippen LogP contribution in [-0.2, 0) is 4.79 Å². The normalized spacial score (nSPS) is 15.3. The lowest BCUT2D eigenvalue weighted by molar-refractivity contribution is -0.144. The van der Waals surface area contributed by atoms with Crippen LogP contribution < -0.4 is 5.32 Å². The van der Waals surface area contributed by atoms with Gasteiger partial charge in [0.15, 0.2) is 0 Å². The summed E-state index contributed by atoms with van der Waals surface area (Å²) in [5, 5.41) is 11.9. The van der Waals surface area contributed by atoms with Gasteiger partial charge in [0.05, 0.1) is 0 Å². The summed E-state index contributed by atoms with van der Waals surface area (Å²) in [7, 11) is 1.70. The van der Waals surface area contributed by atoms with Crippen molar-refractivity contribution >= 4 is 17.7 Å². The van der Waals surface area contributed by atoms with Crippen LogP contribution in [-0.4, -0.2) is 35.2 Å². The summed E-state index contributed by atoms with van der Waals surface area (Å²) in [5.41, 5.74) is -0.765. The fourth-order valence-electron chi connectivity index (χ4n) is 1.19. The molecule has 0 aliphatic carbocycles. The van der Waals surface area contributed by atoms with Crippen molar-refractivity contribution in [2.45, 2.75) is 39.2 Å². The highest BCUT2D eigenvalue weighted by atomic mass is 32.2. The van der Waals surface area contributed by atoms with E-state index in [9.17, 15) is 4.79 Å². The Bertz CT molecular complexity index is 197. The second-order valence-corrected chi connectivity index (χ2v) is 5.61. The number of thioether (sulfide) groups is 1. The van der Waals surface area contributed by atoms with E-state index in [0.29, 0.717) is 12.3 Å². The quantitative estimate of drug-likeness (QED) is 0.631. The maximum absolute atomic E-state index is 11.0. The molecule has 0 aromatic rings. The standard InChI is InChI=1S/C11H23NO2S/c1-9(2)8-15-7-5-6-11(3,12-4)10(13)14/h9,12H,5-8H2,1-4H3,(H,13,14). The molecule has 0 heterocycles. The number of carboxylic acid groups (broad SMARTS) is 1. The Hall–Kier alpha value is -0.220. The van der Waals surface area contributed by atoms with Crippen LogP contribution in [0.25, 0.3) is 0 Å². The molecule has 0 radical (unpaired) electrons. The molecule has 90 valence electrons. The molecule has 0 amide bonds. The van der Waals surface area contributed by atoms with Crippen molar-refractivity contribution in [2.24, 2.45) is 5.92 Å². The van der Waals surface area contributed by atoms with Gasteiger partial charge in [-0.15, -0.1) is 0 Å². The van der Waals surface area contributed by atoms with Crippen LogP contribution in [0.15, 0.2) is 0 Å². The average molecular weight is 233 g/mol. The fourth-order valence-corrected chi connectivity index (χ4v) is 2.17. The van der Waals surface area contributed by atoms with Crippen molar-refractivity contribution < 1.29 is 9.90 Å². The van der Waals surface area contributed by atoms with Gasteiger partial charge >= 0.3 is 5.97 Å². The fraction of sp³-hybridized carbons (Fsp3) is 0.909. The van der Waals surface area contributed by atoms with Gasteiger partial charge in [-0.25, -0.2) is 0 Å². The second-order valence-electron chi connectivity index (χ2n) is 4.46. The van der Waals surface area contributed by atoms with Crippen LogP contribution >= 0.6 is 11.8 Å². The molecule has 3 nitrogen and oxygen atoms in total. The Morgan fingerprint density at radius 3 is 2.53 bits per heavy atom. The molecule has 4 heteroatoms. The monoisotopic (exact) mass is 233 g/mol. The first kappa shape index (κ1) is 14.8. The van der Waals surface area contributed by atoms with Crippen molar-refractivity contribution in [1.29, 1.82) is 0 Å². The molecule has 0 aliphatic rings. The molecule has 0 fully saturated rings. The Morgan fingerprint density at radius 2 is 2.13 bits per heavy atom. The Balaban J connectivity index is 3.69. The van der Waals surface area contributed by atoms with E-state index in [4.69, 9.17) is 5.11 Å². The van der Waals surface area contributed by atoms with Gasteiger partial charge in [0.2, 0.25) is 0 Å². The van der Waals surface area contributed by atoms with Gasteiger partial charge in [0.25, 0.3) is 0 Å². The first-order valence-electron chi connectivity index (χ1n) is 5.42. The minimum absolute atomic E-state index is 0.684. The number of likely N-dealkylation sites (N-methyl/N-ethyl adjacent to an activating group) is 1. The smallest absolute Gasteiger partial charge is 0.323 e. The van der Waals surface area contributed by atoms with E-state index < -0.39 is 11.5 Å². The predicted molar refractivity (Wildman–Crippen MR) is 66.5 cm³/mol. The highest BCUT2D eigenvalue weighted by Crippen LogP contribution is 2.16. The topological polar surface area (TPSA) is 49.3 Å². The zero-order valence-electron chi connectivity index (χ0n) is 10.2. The number of aliphatic carboxylic acids is 1. The lowest BCUT2D eigenvalue weighted by Gasteiger charge is -2.23. The number of hydrogen-bond acceptors (Lipinski definition) is 3. The molecule has 2 N–H and O–H groups in total. The molecule has 15 heavy (non-hydrogen) atoms. The molecule has 0 aliphatic heterocycles. The van der Waals surface area contributed by atoms with Gasteiger partial charge < -0.3 is 10.4 Å². The molecule has 0 bridgehead atoms. The first-order chi connectivity index (χ1) is 6.92. The van der Waals surface area contributed by atoms with Crippen LogP contribution in [0.3, 0.4) is 0 Å². The van der Waals surface area contributed by atoms with Crippen molar-refractivity contribution in [1.82, 2.24) is 5.32 Å². The van der Waals surface area contributed by atoms with E-state index in [0.717, 1.165) is 17.9 Å². The summed E-state index contributed by atoms with van der Waals surface area (Å²) in [4.78, 5) is 11.0. The molecule has 1 unspecified atom stereocenters. The van der Waals surface area contributed by atoms with Gasteiger partial charge in [-0.05, 0) is 44.2 Å². The molecule has 0 spiro atoms. The minimum Gasteiger partial charge on any atom is -0.480 e. The third kappa shape index (κ3) is 6.05. The van der Waals surface area contributed by atoms with Gasteiger partial charge in [-0.2, -0.15) is 11.8 Å². The van der Waals surface area contributed by atoms with Crippen molar-refractivity contribution in [3.8, 4) is 0 Å². The first-order valence-corrected chi connectivity index (χ1v) is 6.58. The van der Waals surface area contributed by atoms with Gasteiger partial charge in [0.1, 0.15) is 5.54 Å². The maximum Gasteiger partial charge on any atom is 0.323 e. The Labute approximate surface area is 97.0 Å². The third-order valence-electron chi connectivity index (χ3n) is 2.44. The molecule has 1 atom stereocenters. The summed E-state index contributed by atoms with van der Waals surface area (Å²) < 4.78 is 0. The molecule has 0 aromatic heterocycles. The molecular weight excluding hydrogens is 210 g/mol. The maximum atomic E-state index is 11.0. The highest BCUT2D eigenvalue weighted by Gasteiger charge is 2.29. The number of nitrogens with one attached hydrogen (secondary N) is 1. The highest BCUT2D eigenvalue weighted by molar-refractivity contribution is 7.99. The van der Waals surface area contributed by atoms with Crippen LogP contribution in [0, 0.1) is 5.92 Å². The Kier molecular flexibility index (Phi) is 7.02. The number of carboxylic acids is 1. The van der Waals surface area contributed by atoms with Crippen LogP contribution in [0.2, 0.25) is 0 Å². The molecule has 0 aromatic carbocycles. The van der Waals surface area contributed by atoms with Gasteiger partial charge in [-0.1, -0.05) is 13.8 Å². The average Bonchev–Trinajstić information content (AvgIpc) is 2.16. The number of hydrogen-bond donors (Lipinski definition) is 2. The molecule has 0 saturated heterocycles. The van der Waals surface area contributed by atoms with Crippen LogP contribution in [0.4, 0.5) is 0 Å². The van der Waals surface area contributed by atoms with E-state index in [1.807, 2.05) is 11.8 Å². The summed E-state index contributed by atoms with van der Waals surface area (Å²) in [6, 6.07) is 0. The third-order valence-corrected chi connectivity index (χ3v) is 3.92. The van der Waals surface area contributed by atoms with E-state index >= 15 is 0 Å². The molecule has 0 saturated carbocycles. The predicted octanol–water partition coefficient (Wildman–Crippen LogP) is 2.22. The zero-order chi connectivity index (χ0) is 11.9. The van der Waals surface area contributed by atoms with E-state index in [2.05, 4.69) is 19.2 Å². The largest absolute Gasteiger partial charge is 0.480 e. The van der Waals surface area contributed by atoms with Crippen molar-refractivity contribution in [2.75, 3.05) is 18.6 Å². The van der Waals surface area contributed by atoms with Crippen LogP contribution in [0.1, 0.15) is 33.6 Å². The lowest BCUT2D eigenvalue weighted by atomic mass is 9.97. The zero-order valence-corrected chi connectivity index (χ0v) is 11.0. The van der Waals surface area contributed by atoms with Gasteiger partial charge in [0, 0.05) is 0 Å². The van der Waals surface area contributed by atoms with E-state index in [1.165, 1.54) is 0 Å². The van der Waals surface area contributed by atoms with Crippen molar-refractivity contribution in [3.05, 3.63) is 0 Å². The summed E-state index contributed by atoms with van der Waals surface area (Å²) in [6.07, 6.45) is 1.63.